The van der Waals surface area contributed by atoms with Crippen LogP contribution in [-0.4, -0.2) is 27.3 Å². The molecule has 2 saturated carbocycles. The molecule has 4 aliphatic carbocycles. The van der Waals surface area contributed by atoms with E-state index < -0.39 is 8.32 Å². The van der Waals surface area contributed by atoms with Crippen molar-refractivity contribution in [3.8, 4) is 0 Å². The molecule has 1 aliphatic heterocycles. The average Bonchev–Trinajstić information content (AvgIpc) is 3.26. The molecule has 0 aromatic carbocycles. The van der Waals surface area contributed by atoms with Gasteiger partial charge in [-0.3, -0.25) is 0 Å². The van der Waals surface area contributed by atoms with Crippen molar-refractivity contribution in [3.05, 3.63) is 23.0 Å². The van der Waals surface area contributed by atoms with Crippen molar-refractivity contribution < 1.29 is 13.9 Å². The second kappa shape index (κ2) is 6.96. The van der Waals surface area contributed by atoms with Gasteiger partial charge in [-0.15, -0.1) is 0 Å². The van der Waals surface area contributed by atoms with Gasteiger partial charge in [-0.05, 0) is 87.4 Å². The molecule has 0 radical (unpaired) electrons. The van der Waals surface area contributed by atoms with Gasteiger partial charge in [0, 0.05) is 18.3 Å². The van der Waals surface area contributed by atoms with Crippen LogP contribution in [0.25, 0.3) is 0 Å². The number of allylic oxidation sites excluding steroid dienone is 3. The van der Waals surface area contributed by atoms with E-state index >= 15 is 0 Å². The molecule has 5 rings (SSSR count). The fourth-order valence-electron chi connectivity index (χ4n) is 7.99. The van der Waals surface area contributed by atoms with Crippen LogP contribution >= 0.6 is 0 Å². The Kier molecular flexibility index (Phi) is 4.93. The molecule has 3 nitrogen and oxygen atoms in total. The predicted molar refractivity (Wildman–Crippen MR) is 123 cm³/mol. The topological polar surface area (TPSA) is 27.7 Å². The molecule has 0 amide bonds. The minimum absolute atomic E-state index is 0.252. The minimum atomic E-state index is -1.58. The van der Waals surface area contributed by atoms with Gasteiger partial charge in [0.2, 0.25) is 8.32 Å². The Morgan fingerprint density at radius 2 is 1.77 bits per heavy atom. The molecule has 1 saturated heterocycles. The molecule has 30 heavy (non-hydrogen) atoms. The lowest BCUT2D eigenvalue weighted by atomic mass is 9.46. The lowest BCUT2D eigenvalue weighted by Gasteiger charge is -2.59. The van der Waals surface area contributed by atoms with E-state index in [4.69, 9.17) is 13.9 Å². The SMILES string of the molecule is CCC1=C2CC3(CC[C@]2(C)[C@H]2CC[C@]4(C)C(O[Si](C)(C)C)=CC[C@H]4[C@@H]2C1)OCCO3. The molecule has 0 N–H and O–H groups in total. The zero-order valence-electron chi connectivity index (χ0n) is 20.1. The zero-order chi connectivity index (χ0) is 21.4. The van der Waals surface area contributed by atoms with Crippen molar-refractivity contribution in [1.82, 2.24) is 0 Å². The van der Waals surface area contributed by atoms with Crippen LogP contribution in [0.5, 0.6) is 0 Å². The van der Waals surface area contributed by atoms with Crippen molar-refractivity contribution in [1.29, 1.82) is 0 Å². The van der Waals surface area contributed by atoms with Crippen LogP contribution in [0.1, 0.15) is 72.1 Å². The standard InChI is InChI=1S/C26H42O3Si/c1-7-18-16-19-20-8-9-23(29-30(4,5)6)25(20,3)11-10-21(19)24(2)12-13-26(17-22(18)24)27-14-15-28-26/h9,19-21H,7-8,10-17H2,1-6H3/t19-,20-,21-,24+,25-/m0/s1. The Labute approximate surface area is 184 Å². The monoisotopic (exact) mass is 430 g/mol. The maximum Gasteiger partial charge on any atom is 0.241 e. The molecule has 1 spiro atoms. The zero-order valence-corrected chi connectivity index (χ0v) is 21.1. The summed E-state index contributed by atoms with van der Waals surface area (Å²) in [5, 5.41) is 0. The third-order valence-corrected chi connectivity index (χ3v) is 10.3. The van der Waals surface area contributed by atoms with Crippen molar-refractivity contribution >= 4 is 8.32 Å². The first-order valence-electron chi connectivity index (χ1n) is 12.5. The van der Waals surface area contributed by atoms with E-state index in [2.05, 4.69) is 46.5 Å². The summed E-state index contributed by atoms with van der Waals surface area (Å²) in [6.07, 6.45) is 12.1. The van der Waals surface area contributed by atoms with Crippen LogP contribution in [0, 0.1) is 28.6 Å². The van der Waals surface area contributed by atoms with E-state index in [1.165, 1.54) is 44.3 Å². The third kappa shape index (κ3) is 3.11. The summed E-state index contributed by atoms with van der Waals surface area (Å²) < 4.78 is 19.0. The molecule has 1 heterocycles. The average molecular weight is 431 g/mol. The highest BCUT2D eigenvalue weighted by atomic mass is 28.4. The van der Waals surface area contributed by atoms with Crippen LogP contribution in [0.3, 0.4) is 0 Å². The third-order valence-electron chi connectivity index (χ3n) is 9.49. The Morgan fingerprint density at radius 1 is 1.03 bits per heavy atom. The van der Waals surface area contributed by atoms with Gasteiger partial charge >= 0.3 is 0 Å². The summed E-state index contributed by atoms with van der Waals surface area (Å²) in [5.41, 5.74) is 4.02. The molecule has 4 heteroatoms. The summed E-state index contributed by atoms with van der Waals surface area (Å²) in [7, 11) is -1.58. The molecular weight excluding hydrogens is 388 g/mol. The number of fused-ring (bicyclic) bond motifs is 5. The van der Waals surface area contributed by atoms with Gasteiger partial charge in [0.05, 0.1) is 19.0 Å². The van der Waals surface area contributed by atoms with Crippen molar-refractivity contribution in [2.24, 2.45) is 28.6 Å². The lowest BCUT2D eigenvalue weighted by Crippen LogP contribution is -2.53. The number of rotatable bonds is 3. The van der Waals surface area contributed by atoms with Gasteiger partial charge in [-0.25, -0.2) is 0 Å². The normalized spacial score (nSPS) is 42.6. The molecule has 168 valence electrons. The van der Waals surface area contributed by atoms with E-state index in [-0.39, 0.29) is 11.2 Å². The molecule has 3 fully saturated rings. The number of ether oxygens (including phenoxy) is 2. The first-order chi connectivity index (χ1) is 14.1. The maximum atomic E-state index is 6.65. The molecule has 5 atom stereocenters. The van der Waals surface area contributed by atoms with Crippen molar-refractivity contribution in [2.75, 3.05) is 13.2 Å². The first-order valence-corrected chi connectivity index (χ1v) is 15.9. The molecular formula is C26H42O3Si. The van der Waals surface area contributed by atoms with Crippen LogP contribution in [0.2, 0.25) is 19.6 Å². The van der Waals surface area contributed by atoms with Gasteiger partial charge < -0.3 is 13.9 Å². The van der Waals surface area contributed by atoms with Crippen LogP contribution in [0.4, 0.5) is 0 Å². The summed E-state index contributed by atoms with van der Waals surface area (Å²) in [6, 6.07) is 0. The van der Waals surface area contributed by atoms with Gasteiger partial charge in [-0.2, -0.15) is 0 Å². The second-order valence-electron chi connectivity index (χ2n) is 12.2. The summed E-state index contributed by atoms with van der Waals surface area (Å²) in [5.74, 6) is 3.39. The number of hydrogen-bond acceptors (Lipinski definition) is 3. The highest BCUT2D eigenvalue weighted by molar-refractivity contribution is 6.70. The van der Waals surface area contributed by atoms with E-state index in [1.54, 1.807) is 11.1 Å². The Morgan fingerprint density at radius 3 is 2.43 bits per heavy atom. The minimum Gasteiger partial charge on any atom is -0.547 e. The Balaban J connectivity index is 1.47. The van der Waals surface area contributed by atoms with Crippen LogP contribution in [0.15, 0.2) is 23.0 Å². The quantitative estimate of drug-likeness (QED) is 0.363. The number of hydrogen-bond donors (Lipinski definition) is 0. The fraction of sp³-hybridized carbons (Fsp3) is 0.846. The summed E-state index contributed by atoms with van der Waals surface area (Å²) in [6.45, 7) is 16.0. The lowest BCUT2D eigenvalue weighted by molar-refractivity contribution is -0.185. The van der Waals surface area contributed by atoms with E-state index in [1.807, 2.05) is 0 Å². The highest BCUT2D eigenvalue weighted by Gasteiger charge is 2.60. The van der Waals surface area contributed by atoms with Crippen LogP contribution in [-0.2, 0) is 13.9 Å². The van der Waals surface area contributed by atoms with E-state index in [0.717, 1.165) is 43.8 Å². The molecule has 0 unspecified atom stereocenters. The van der Waals surface area contributed by atoms with E-state index in [9.17, 15) is 0 Å². The van der Waals surface area contributed by atoms with Gasteiger partial charge in [0.1, 0.15) is 0 Å². The molecule has 0 aromatic heterocycles. The van der Waals surface area contributed by atoms with Gasteiger partial charge in [0.25, 0.3) is 0 Å². The van der Waals surface area contributed by atoms with E-state index in [0.29, 0.717) is 5.41 Å². The van der Waals surface area contributed by atoms with Crippen molar-refractivity contribution in [3.63, 3.8) is 0 Å². The highest BCUT2D eigenvalue weighted by Crippen LogP contribution is 2.67. The largest absolute Gasteiger partial charge is 0.547 e. The summed E-state index contributed by atoms with van der Waals surface area (Å²) >= 11 is 0. The maximum absolute atomic E-state index is 6.65. The van der Waals surface area contributed by atoms with Gasteiger partial charge in [0.15, 0.2) is 5.79 Å². The van der Waals surface area contributed by atoms with Crippen LogP contribution < -0.4 is 0 Å². The first kappa shape index (κ1) is 21.3. The Bertz CT molecular complexity index is 772. The Hall–Kier alpha value is -0.583. The smallest absolute Gasteiger partial charge is 0.241 e. The fourth-order valence-corrected chi connectivity index (χ4v) is 8.96. The molecule has 0 bridgehead atoms. The summed E-state index contributed by atoms with van der Waals surface area (Å²) in [4.78, 5) is 0. The van der Waals surface area contributed by atoms with Gasteiger partial charge in [-0.1, -0.05) is 31.9 Å². The molecule has 5 aliphatic rings. The second-order valence-corrected chi connectivity index (χ2v) is 16.6. The molecule has 0 aromatic rings. The van der Waals surface area contributed by atoms with Crippen molar-refractivity contribution in [2.45, 2.75) is 97.6 Å². The predicted octanol–water partition coefficient (Wildman–Crippen LogP) is 6.82.